The number of anilines is 2. The number of hydrazine groups is 1. The van der Waals surface area contributed by atoms with Crippen LogP contribution in [0.25, 0.3) is 0 Å². The number of hydrogen-bond acceptors (Lipinski definition) is 5. The van der Waals surface area contributed by atoms with Crippen LogP contribution in [0.1, 0.15) is 52.5 Å². The average Bonchev–Trinajstić information content (AvgIpc) is 2.43. The van der Waals surface area contributed by atoms with Crippen LogP contribution in [0.5, 0.6) is 0 Å². The van der Waals surface area contributed by atoms with Crippen LogP contribution in [-0.2, 0) is 0 Å². The van der Waals surface area contributed by atoms with Crippen LogP contribution < -0.4 is 16.2 Å². The molecular formula is C14H27N5. The minimum Gasteiger partial charge on any atom is -0.356 e. The second kappa shape index (κ2) is 7.28. The quantitative estimate of drug-likeness (QED) is 0.586. The Kier molecular flexibility index (Phi) is 6.02. The molecule has 0 saturated carbocycles. The van der Waals surface area contributed by atoms with Gasteiger partial charge in [-0.2, -0.15) is 0 Å². The van der Waals surface area contributed by atoms with Crippen LogP contribution in [0.4, 0.5) is 11.6 Å². The Labute approximate surface area is 116 Å². The monoisotopic (exact) mass is 265 g/mol. The minimum absolute atomic E-state index is 0.327. The molecule has 1 rings (SSSR count). The van der Waals surface area contributed by atoms with Crippen molar-refractivity contribution < 1.29 is 0 Å². The van der Waals surface area contributed by atoms with Crippen molar-refractivity contribution in [2.75, 3.05) is 23.4 Å². The first-order valence-corrected chi connectivity index (χ1v) is 7.11. The molecule has 0 radical (unpaired) electrons. The van der Waals surface area contributed by atoms with Crippen molar-refractivity contribution in [1.82, 2.24) is 9.97 Å². The molecule has 108 valence electrons. The summed E-state index contributed by atoms with van der Waals surface area (Å²) < 4.78 is 0. The van der Waals surface area contributed by atoms with E-state index >= 15 is 0 Å². The Balaban J connectivity index is 3.15. The van der Waals surface area contributed by atoms with Crippen LogP contribution in [0.3, 0.4) is 0 Å². The zero-order chi connectivity index (χ0) is 14.4. The molecule has 1 heterocycles. The van der Waals surface area contributed by atoms with Crippen LogP contribution in [0.15, 0.2) is 6.33 Å². The summed E-state index contributed by atoms with van der Waals surface area (Å²) in [5.74, 6) is 8.26. The molecule has 0 aliphatic heterocycles. The molecule has 0 amide bonds. The van der Waals surface area contributed by atoms with Gasteiger partial charge in [0.2, 0.25) is 0 Å². The summed E-state index contributed by atoms with van der Waals surface area (Å²) in [6.45, 7) is 12.9. The standard InChI is InChI=1S/C14H27N5/c1-6-11(5)8-19(7-2)14-12(10(3)4)13(18-15)16-9-17-14/h9-11H,6-8,15H2,1-5H3,(H,16,17,18). The van der Waals surface area contributed by atoms with E-state index in [1.807, 2.05) is 0 Å². The number of nitrogen functional groups attached to an aromatic ring is 1. The summed E-state index contributed by atoms with van der Waals surface area (Å²) in [4.78, 5) is 11.0. The molecular weight excluding hydrogens is 238 g/mol. The van der Waals surface area contributed by atoms with E-state index in [2.05, 4.69) is 54.9 Å². The maximum Gasteiger partial charge on any atom is 0.148 e. The highest BCUT2D eigenvalue weighted by atomic mass is 15.3. The number of rotatable bonds is 7. The second-order valence-corrected chi connectivity index (χ2v) is 5.31. The summed E-state index contributed by atoms with van der Waals surface area (Å²) >= 11 is 0. The van der Waals surface area contributed by atoms with Crippen molar-refractivity contribution in [1.29, 1.82) is 0 Å². The molecule has 0 aliphatic rings. The van der Waals surface area contributed by atoms with E-state index in [9.17, 15) is 0 Å². The summed E-state index contributed by atoms with van der Waals surface area (Å²) in [5, 5.41) is 0. The van der Waals surface area contributed by atoms with Gasteiger partial charge in [0.1, 0.15) is 18.0 Å². The van der Waals surface area contributed by atoms with Crippen molar-refractivity contribution >= 4 is 11.6 Å². The predicted molar refractivity (Wildman–Crippen MR) is 81.3 cm³/mol. The first kappa shape index (κ1) is 15.7. The molecule has 0 aromatic carbocycles. The van der Waals surface area contributed by atoms with E-state index < -0.39 is 0 Å². The third-order valence-electron chi connectivity index (χ3n) is 3.49. The van der Waals surface area contributed by atoms with Crippen LogP contribution in [0.2, 0.25) is 0 Å². The number of aromatic nitrogens is 2. The molecule has 3 N–H and O–H groups in total. The Morgan fingerprint density at radius 2 is 1.95 bits per heavy atom. The summed E-state index contributed by atoms with van der Waals surface area (Å²) in [7, 11) is 0. The molecule has 0 saturated heterocycles. The molecule has 5 heteroatoms. The van der Waals surface area contributed by atoms with Crippen molar-refractivity contribution in [3.63, 3.8) is 0 Å². The molecule has 19 heavy (non-hydrogen) atoms. The van der Waals surface area contributed by atoms with Gasteiger partial charge < -0.3 is 10.3 Å². The fraction of sp³-hybridized carbons (Fsp3) is 0.714. The Morgan fingerprint density at radius 3 is 2.42 bits per heavy atom. The Bertz CT molecular complexity index is 391. The normalized spacial score (nSPS) is 12.6. The van der Waals surface area contributed by atoms with E-state index in [-0.39, 0.29) is 0 Å². The lowest BCUT2D eigenvalue weighted by Crippen LogP contribution is -2.30. The average molecular weight is 265 g/mol. The van der Waals surface area contributed by atoms with Gasteiger partial charge in [-0.3, -0.25) is 0 Å². The first-order valence-electron chi connectivity index (χ1n) is 7.11. The molecule has 0 aliphatic carbocycles. The second-order valence-electron chi connectivity index (χ2n) is 5.31. The number of nitrogens with two attached hydrogens (primary N) is 1. The summed E-state index contributed by atoms with van der Waals surface area (Å²) in [5.41, 5.74) is 3.78. The Morgan fingerprint density at radius 1 is 1.26 bits per heavy atom. The molecule has 1 unspecified atom stereocenters. The number of hydrogen-bond donors (Lipinski definition) is 2. The largest absolute Gasteiger partial charge is 0.356 e. The van der Waals surface area contributed by atoms with Gasteiger partial charge in [-0.05, 0) is 18.8 Å². The highest BCUT2D eigenvalue weighted by molar-refractivity contribution is 5.59. The van der Waals surface area contributed by atoms with Gasteiger partial charge >= 0.3 is 0 Å². The van der Waals surface area contributed by atoms with E-state index in [1.54, 1.807) is 6.33 Å². The number of nitrogens with one attached hydrogen (secondary N) is 1. The van der Waals surface area contributed by atoms with Crippen LogP contribution >= 0.6 is 0 Å². The van der Waals surface area contributed by atoms with E-state index in [1.165, 1.54) is 6.42 Å². The molecule has 0 spiro atoms. The predicted octanol–water partition coefficient (Wildman–Crippen LogP) is 2.76. The first-order chi connectivity index (χ1) is 9.04. The molecule has 5 nitrogen and oxygen atoms in total. The number of nitrogens with zero attached hydrogens (tertiary/aromatic N) is 3. The maximum absolute atomic E-state index is 5.57. The summed E-state index contributed by atoms with van der Waals surface area (Å²) in [6, 6.07) is 0. The van der Waals surface area contributed by atoms with E-state index in [0.29, 0.717) is 11.8 Å². The van der Waals surface area contributed by atoms with Crippen molar-refractivity contribution in [3.8, 4) is 0 Å². The van der Waals surface area contributed by atoms with Crippen molar-refractivity contribution in [3.05, 3.63) is 11.9 Å². The van der Waals surface area contributed by atoms with E-state index in [0.717, 1.165) is 30.3 Å². The maximum atomic E-state index is 5.57. The topological polar surface area (TPSA) is 67.1 Å². The lowest BCUT2D eigenvalue weighted by atomic mass is 10.0. The van der Waals surface area contributed by atoms with Crippen molar-refractivity contribution in [2.24, 2.45) is 11.8 Å². The Hall–Kier alpha value is -1.36. The van der Waals surface area contributed by atoms with Gasteiger partial charge in [0.25, 0.3) is 0 Å². The van der Waals surface area contributed by atoms with Crippen LogP contribution in [0, 0.1) is 5.92 Å². The van der Waals surface area contributed by atoms with Gasteiger partial charge in [0, 0.05) is 18.7 Å². The summed E-state index contributed by atoms with van der Waals surface area (Å²) in [6.07, 6.45) is 2.75. The smallest absolute Gasteiger partial charge is 0.148 e. The molecule has 1 aromatic rings. The lowest BCUT2D eigenvalue weighted by molar-refractivity contribution is 0.543. The third kappa shape index (κ3) is 3.80. The van der Waals surface area contributed by atoms with Gasteiger partial charge in [0.05, 0.1) is 0 Å². The van der Waals surface area contributed by atoms with Gasteiger partial charge in [0.15, 0.2) is 0 Å². The van der Waals surface area contributed by atoms with Gasteiger partial charge in [-0.25, -0.2) is 15.8 Å². The van der Waals surface area contributed by atoms with E-state index in [4.69, 9.17) is 5.84 Å². The molecule has 1 atom stereocenters. The lowest BCUT2D eigenvalue weighted by Gasteiger charge is -2.28. The fourth-order valence-electron chi connectivity index (χ4n) is 2.16. The minimum atomic E-state index is 0.327. The zero-order valence-electron chi connectivity index (χ0n) is 12.8. The third-order valence-corrected chi connectivity index (χ3v) is 3.49. The van der Waals surface area contributed by atoms with Gasteiger partial charge in [-0.1, -0.05) is 34.1 Å². The zero-order valence-corrected chi connectivity index (χ0v) is 12.8. The van der Waals surface area contributed by atoms with Gasteiger partial charge in [-0.15, -0.1) is 0 Å². The SMILES string of the molecule is CCC(C)CN(CC)c1ncnc(NN)c1C(C)C. The highest BCUT2D eigenvalue weighted by Gasteiger charge is 2.19. The van der Waals surface area contributed by atoms with Crippen LogP contribution in [-0.4, -0.2) is 23.1 Å². The molecule has 0 bridgehead atoms. The molecule has 1 aromatic heterocycles. The highest BCUT2D eigenvalue weighted by Crippen LogP contribution is 2.30. The van der Waals surface area contributed by atoms with Crippen molar-refractivity contribution in [2.45, 2.75) is 47.0 Å². The molecule has 0 fully saturated rings. The fourth-order valence-corrected chi connectivity index (χ4v) is 2.16.